The van der Waals surface area contributed by atoms with Crippen molar-refractivity contribution in [3.8, 4) is 5.88 Å². The van der Waals surface area contributed by atoms with Crippen molar-refractivity contribution < 1.29 is 13.5 Å². The number of aromatic nitrogens is 1. The van der Waals surface area contributed by atoms with Gasteiger partial charge in [0.05, 0.1) is 16.1 Å². The molecule has 0 N–H and O–H groups in total. The quantitative estimate of drug-likeness (QED) is 0.801. The van der Waals surface area contributed by atoms with E-state index < -0.39 is 11.8 Å². The molecule has 0 spiro atoms. The number of hydrogen-bond acceptors (Lipinski definition) is 2. The predicted molar refractivity (Wildman–Crippen MR) is 55.5 cm³/mol. The van der Waals surface area contributed by atoms with Gasteiger partial charge in [0.1, 0.15) is 0 Å². The van der Waals surface area contributed by atoms with Gasteiger partial charge >= 0.3 is 0 Å². The van der Waals surface area contributed by atoms with Gasteiger partial charge in [-0.3, -0.25) is 0 Å². The summed E-state index contributed by atoms with van der Waals surface area (Å²) in [5.74, 6) is -2.70. The lowest BCUT2D eigenvalue weighted by molar-refractivity contribution is 0.0848. The van der Waals surface area contributed by atoms with Crippen molar-refractivity contribution in [3.05, 3.63) is 21.9 Å². The lowest BCUT2D eigenvalue weighted by Gasteiger charge is -2.05. The van der Waals surface area contributed by atoms with Crippen LogP contribution in [0, 0.1) is 9.49 Å². The third kappa shape index (κ3) is 2.13. The van der Waals surface area contributed by atoms with Crippen LogP contribution in [0.2, 0.25) is 0 Å². The molecule has 1 heterocycles. The van der Waals surface area contributed by atoms with E-state index in [2.05, 4.69) is 27.6 Å². The van der Waals surface area contributed by atoms with Crippen molar-refractivity contribution in [2.24, 2.45) is 5.92 Å². The van der Waals surface area contributed by atoms with Crippen LogP contribution < -0.4 is 4.74 Å². The lowest BCUT2D eigenvalue weighted by atomic mass is 10.4. The van der Waals surface area contributed by atoms with E-state index in [1.807, 2.05) is 6.07 Å². The highest BCUT2D eigenvalue weighted by molar-refractivity contribution is 14.1. The minimum atomic E-state index is -2.51. The standard InChI is InChI=1S/C9H8F2INO/c10-9(11)4-6(9)5-14-8-7(12)2-1-3-13-8/h1-3,6H,4-5H2/t6-/m0/s1. The molecule has 0 saturated heterocycles. The Kier molecular flexibility index (Phi) is 2.59. The normalized spacial score (nSPS) is 23.2. The van der Waals surface area contributed by atoms with E-state index in [-0.39, 0.29) is 13.0 Å². The van der Waals surface area contributed by atoms with Crippen LogP contribution in [0.5, 0.6) is 5.88 Å². The summed E-state index contributed by atoms with van der Waals surface area (Å²) in [5, 5.41) is 0. The number of alkyl halides is 2. The molecule has 2 rings (SSSR count). The minimum Gasteiger partial charge on any atom is -0.476 e. The predicted octanol–water partition coefficient (Wildman–Crippen LogP) is 2.72. The summed E-state index contributed by atoms with van der Waals surface area (Å²) in [6, 6.07) is 3.61. The van der Waals surface area contributed by atoms with Gasteiger partial charge in [-0.15, -0.1) is 0 Å². The third-order valence-electron chi connectivity index (χ3n) is 2.10. The van der Waals surface area contributed by atoms with Gasteiger partial charge in [-0.2, -0.15) is 0 Å². The Balaban J connectivity index is 1.90. The summed E-state index contributed by atoms with van der Waals surface area (Å²) >= 11 is 2.06. The molecule has 0 aromatic carbocycles. The molecule has 0 bridgehead atoms. The maximum atomic E-state index is 12.5. The first-order valence-corrected chi connectivity index (χ1v) is 5.28. The van der Waals surface area contributed by atoms with Crippen LogP contribution in [0.4, 0.5) is 8.78 Å². The maximum Gasteiger partial charge on any atom is 0.255 e. The Morgan fingerprint density at radius 1 is 1.64 bits per heavy atom. The van der Waals surface area contributed by atoms with Gasteiger partial charge < -0.3 is 4.74 Å². The van der Waals surface area contributed by atoms with E-state index in [0.29, 0.717) is 5.88 Å². The topological polar surface area (TPSA) is 22.1 Å². The van der Waals surface area contributed by atoms with E-state index in [1.54, 1.807) is 12.3 Å². The molecule has 0 aliphatic heterocycles. The van der Waals surface area contributed by atoms with Gasteiger partial charge in [0, 0.05) is 12.6 Å². The fraction of sp³-hybridized carbons (Fsp3) is 0.444. The van der Waals surface area contributed by atoms with E-state index in [0.717, 1.165) is 3.57 Å². The number of hydrogen-bond donors (Lipinski definition) is 0. The van der Waals surface area contributed by atoms with Crippen LogP contribution in [-0.2, 0) is 0 Å². The van der Waals surface area contributed by atoms with Crippen LogP contribution in [0.15, 0.2) is 18.3 Å². The molecule has 1 fully saturated rings. The summed E-state index contributed by atoms with van der Waals surface area (Å²) in [6.07, 6.45) is 1.53. The molecule has 1 aromatic heterocycles. The zero-order valence-electron chi connectivity index (χ0n) is 7.21. The summed E-state index contributed by atoms with van der Waals surface area (Å²) < 4.78 is 31.0. The maximum absolute atomic E-state index is 12.5. The SMILES string of the molecule is FC1(F)C[C@H]1COc1ncccc1I. The number of ether oxygens (including phenoxy) is 1. The molecule has 1 aliphatic carbocycles. The second-order valence-corrected chi connectivity index (χ2v) is 4.43. The molecule has 0 radical (unpaired) electrons. The van der Waals surface area contributed by atoms with E-state index >= 15 is 0 Å². The summed E-state index contributed by atoms with van der Waals surface area (Å²) in [4.78, 5) is 3.95. The lowest BCUT2D eigenvalue weighted by Crippen LogP contribution is -2.07. The summed E-state index contributed by atoms with van der Waals surface area (Å²) in [6.45, 7) is 0.0556. The average Bonchev–Trinajstić information content (AvgIpc) is 2.73. The van der Waals surface area contributed by atoms with E-state index in [4.69, 9.17) is 4.74 Å². The molecule has 1 aromatic rings. The van der Waals surface area contributed by atoms with E-state index in [1.165, 1.54) is 0 Å². The molecule has 1 aliphatic rings. The van der Waals surface area contributed by atoms with Gasteiger partial charge in [-0.05, 0) is 34.7 Å². The van der Waals surface area contributed by atoms with Crippen LogP contribution >= 0.6 is 22.6 Å². The molecule has 0 amide bonds. The first-order valence-electron chi connectivity index (χ1n) is 4.21. The van der Waals surface area contributed by atoms with Crippen molar-refractivity contribution in [2.75, 3.05) is 6.61 Å². The van der Waals surface area contributed by atoms with Gasteiger partial charge in [-0.25, -0.2) is 13.8 Å². The molecule has 1 atom stereocenters. The highest BCUT2D eigenvalue weighted by Gasteiger charge is 2.57. The van der Waals surface area contributed by atoms with Gasteiger partial charge in [0.25, 0.3) is 5.92 Å². The van der Waals surface area contributed by atoms with Crippen molar-refractivity contribution in [2.45, 2.75) is 12.3 Å². The second-order valence-electron chi connectivity index (χ2n) is 3.26. The van der Waals surface area contributed by atoms with Crippen molar-refractivity contribution in [1.82, 2.24) is 4.98 Å². The highest BCUT2D eigenvalue weighted by Crippen LogP contribution is 2.48. The van der Waals surface area contributed by atoms with E-state index in [9.17, 15) is 8.78 Å². The molecule has 5 heteroatoms. The Morgan fingerprint density at radius 3 is 2.93 bits per heavy atom. The molecule has 14 heavy (non-hydrogen) atoms. The molecule has 1 saturated carbocycles. The molecule has 2 nitrogen and oxygen atoms in total. The minimum absolute atomic E-state index is 0.0556. The Labute approximate surface area is 93.8 Å². The highest BCUT2D eigenvalue weighted by atomic mass is 127. The van der Waals surface area contributed by atoms with Crippen molar-refractivity contribution in [1.29, 1.82) is 0 Å². The molecular formula is C9H8F2INO. The zero-order chi connectivity index (χ0) is 10.2. The average molecular weight is 311 g/mol. The monoisotopic (exact) mass is 311 g/mol. The van der Waals surface area contributed by atoms with Crippen molar-refractivity contribution in [3.63, 3.8) is 0 Å². The fourth-order valence-corrected chi connectivity index (χ4v) is 1.61. The Hall–Kier alpha value is -0.460. The van der Waals surface area contributed by atoms with Gasteiger partial charge in [0.2, 0.25) is 5.88 Å². The first kappa shape index (κ1) is 10.1. The third-order valence-corrected chi connectivity index (χ3v) is 2.92. The van der Waals surface area contributed by atoms with Crippen LogP contribution in [-0.4, -0.2) is 17.5 Å². The zero-order valence-corrected chi connectivity index (χ0v) is 9.37. The molecule has 76 valence electrons. The van der Waals surface area contributed by atoms with Gasteiger partial charge in [-0.1, -0.05) is 0 Å². The number of pyridine rings is 1. The van der Waals surface area contributed by atoms with Crippen LogP contribution in [0.25, 0.3) is 0 Å². The second kappa shape index (κ2) is 3.60. The largest absolute Gasteiger partial charge is 0.476 e. The smallest absolute Gasteiger partial charge is 0.255 e. The summed E-state index contributed by atoms with van der Waals surface area (Å²) in [7, 11) is 0. The first-order chi connectivity index (χ1) is 6.59. The summed E-state index contributed by atoms with van der Waals surface area (Å²) in [5.41, 5.74) is 0. The Morgan fingerprint density at radius 2 is 2.36 bits per heavy atom. The van der Waals surface area contributed by atoms with Crippen molar-refractivity contribution >= 4 is 22.6 Å². The Bertz CT molecular complexity index is 345. The van der Waals surface area contributed by atoms with Crippen LogP contribution in [0.3, 0.4) is 0 Å². The fourth-order valence-electron chi connectivity index (χ4n) is 1.11. The van der Waals surface area contributed by atoms with Crippen LogP contribution in [0.1, 0.15) is 6.42 Å². The molecular weight excluding hydrogens is 303 g/mol. The van der Waals surface area contributed by atoms with Gasteiger partial charge in [0.15, 0.2) is 0 Å². The number of rotatable bonds is 3. The number of halogens is 3. The number of nitrogens with zero attached hydrogens (tertiary/aromatic N) is 1. The molecule has 0 unspecified atom stereocenters.